The summed E-state index contributed by atoms with van der Waals surface area (Å²) >= 11 is 0. The van der Waals surface area contributed by atoms with Crippen LogP contribution in [0.2, 0.25) is 0 Å². The van der Waals surface area contributed by atoms with Crippen molar-refractivity contribution in [2.24, 2.45) is 5.10 Å². The molecule has 0 fully saturated rings. The zero-order valence-corrected chi connectivity index (χ0v) is 14.6. The van der Waals surface area contributed by atoms with Gasteiger partial charge in [0.2, 0.25) is 0 Å². The second-order valence-corrected chi connectivity index (χ2v) is 5.61. The molecule has 7 heteroatoms. The SMILES string of the molecule is Cc1cccc(C)c1NCC(=O)NN=CC=Cc1ccccc1[N+](=O)[O-]. The summed E-state index contributed by atoms with van der Waals surface area (Å²) in [5.41, 5.74) is 5.94. The number of anilines is 1. The van der Waals surface area contributed by atoms with Crippen LogP contribution in [-0.2, 0) is 4.79 Å². The number of nitrogens with one attached hydrogen (secondary N) is 2. The maximum Gasteiger partial charge on any atom is 0.276 e. The van der Waals surface area contributed by atoms with E-state index in [2.05, 4.69) is 15.8 Å². The standard InChI is InChI=1S/C19H20N4O3/c1-14-7-5-8-15(2)19(14)20-13-18(24)22-21-12-6-10-16-9-3-4-11-17(16)23(25)26/h3-12,20H,13H2,1-2H3,(H,22,24). The van der Waals surface area contributed by atoms with Gasteiger partial charge in [0.25, 0.3) is 11.6 Å². The lowest BCUT2D eigenvalue weighted by Crippen LogP contribution is -2.26. The van der Waals surface area contributed by atoms with Gasteiger partial charge in [0.05, 0.1) is 17.0 Å². The minimum absolute atomic E-state index is 0.0130. The smallest absolute Gasteiger partial charge is 0.276 e. The van der Waals surface area contributed by atoms with Crippen molar-refractivity contribution in [2.45, 2.75) is 13.8 Å². The van der Waals surface area contributed by atoms with Gasteiger partial charge in [0.15, 0.2) is 0 Å². The van der Waals surface area contributed by atoms with Gasteiger partial charge < -0.3 is 5.32 Å². The van der Waals surface area contributed by atoms with Crippen LogP contribution in [-0.4, -0.2) is 23.6 Å². The van der Waals surface area contributed by atoms with Crippen LogP contribution in [0.5, 0.6) is 0 Å². The lowest BCUT2D eigenvalue weighted by Gasteiger charge is -2.11. The molecule has 0 saturated heterocycles. The van der Waals surface area contributed by atoms with E-state index >= 15 is 0 Å². The average molecular weight is 352 g/mol. The van der Waals surface area contributed by atoms with Crippen molar-refractivity contribution >= 4 is 29.6 Å². The molecule has 0 bridgehead atoms. The predicted molar refractivity (Wildman–Crippen MR) is 103 cm³/mol. The molecule has 26 heavy (non-hydrogen) atoms. The zero-order chi connectivity index (χ0) is 18.9. The molecule has 2 aromatic carbocycles. The second-order valence-electron chi connectivity index (χ2n) is 5.61. The number of nitro benzene ring substituents is 1. The highest BCUT2D eigenvalue weighted by Crippen LogP contribution is 2.19. The van der Waals surface area contributed by atoms with Crippen molar-refractivity contribution in [3.8, 4) is 0 Å². The molecule has 1 amide bonds. The minimum Gasteiger partial charge on any atom is -0.376 e. The number of benzene rings is 2. The third-order valence-electron chi connectivity index (χ3n) is 3.67. The molecule has 0 radical (unpaired) electrons. The minimum atomic E-state index is -0.447. The van der Waals surface area contributed by atoms with E-state index in [0.29, 0.717) is 5.56 Å². The van der Waals surface area contributed by atoms with Crippen LogP contribution in [0.3, 0.4) is 0 Å². The molecule has 0 aliphatic carbocycles. The van der Waals surface area contributed by atoms with Gasteiger partial charge in [-0.25, -0.2) is 5.43 Å². The number of allylic oxidation sites excluding steroid dienone is 1. The summed E-state index contributed by atoms with van der Waals surface area (Å²) in [5, 5.41) is 17.8. The normalized spacial score (nSPS) is 11.0. The Morgan fingerprint density at radius 3 is 2.54 bits per heavy atom. The molecule has 0 saturated carbocycles. The maximum absolute atomic E-state index is 11.8. The first-order valence-corrected chi connectivity index (χ1v) is 8.01. The van der Waals surface area contributed by atoms with Crippen LogP contribution in [0.15, 0.2) is 53.6 Å². The van der Waals surface area contributed by atoms with E-state index in [1.54, 1.807) is 24.3 Å². The topological polar surface area (TPSA) is 96.6 Å². The molecule has 0 aromatic heterocycles. The number of nitrogens with zero attached hydrogens (tertiary/aromatic N) is 2. The Morgan fingerprint density at radius 1 is 1.15 bits per heavy atom. The average Bonchev–Trinajstić information content (AvgIpc) is 2.61. The van der Waals surface area contributed by atoms with Crippen molar-refractivity contribution in [3.63, 3.8) is 0 Å². The second kappa shape index (κ2) is 9.12. The quantitative estimate of drug-likeness (QED) is 0.453. The van der Waals surface area contributed by atoms with E-state index in [0.717, 1.165) is 16.8 Å². The highest BCUT2D eigenvalue weighted by Gasteiger charge is 2.08. The molecule has 2 aromatic rings. The number of carbonyl (C=O) groups is 1. The maximum atomic E-state index is 11.8. The number of para-hydroxylation sites is 2. The lowest BCUT2D eigenvalue weighted by atomic mass is 10.1. The first kappa shape index (κ1) is 18.9. The number of hydrogen-bond acceptors (Lipinski definition) is 5. The summed E-state index contributed by atoms with van der Waals surface area (Å²) < 4.78 is 0. The Kier molecular flexibility index (Phi) is 6.61. The molecule has 0 aliphatic rings. The lowest BCUT2D eigenvalue weighted by molar-refractivity contribution is -0.385. The van der Waals surface area contributed by atoms with Crippen molar-refractivity contribution < 1.29 is 9.72 Å². The van der Waals surface area contributed by atoms with Gasteiger partial charge in [-0.05, 0) is 43.2 Å². The Labute approximate surface area is 151 Å². The van der Waals surface area contributed by atoms with E-state index in [1.807, 2.05) is 32.0 Å². The predicted octanol–water partition coefficient (Wildman–Crippen LogP) is 3.44. The van der Waals surface area contributed by atoms with Gasteiger partial charge in [0.1, 0.15) is 0 Å². The molecule has 0 unspecified atom stereocenters. The van der Waals surface area contributed by atoms with Gasteiger partial charge in [0, 0.05) is 18.0 Å². The van der Waals surface area contributed by atoms with Gasteiger partial charge in [-0.2, -0.15) is 5.10 Å². The Hall–Kier alpha value is -3.48. The Bertz CT molecular complexity index is 839. The summed E-state index contributed by atoms with van der Waals surface area (Å²) in [5.74, 6) is -0.289. The summed E-state index contributed by atoms with van der Waals surface area (Å²) in [6.07, 6.45) is 4.46. The largest absolute Gasteiger partial charge is 0.376 e. The number of aryl methyl sites for hydroxylation is 2. The highest BCUT2D eigenvalue weighted by atomic mass is 16.6. The number of amides is 1. The van der Waals surface area contributed by atoms with Crippen LogP contribution >= 0.6 is 0 Å². The first-order chi connectivity index (χ1) is 12.5. The molecule has 2 N–H and O–H groups in total. The summed E-state index contributed by atoms with van der Waals surface area (Å²) in [7, 11) is 0. The first-order valence-electron chi connectivity index (χ1n) is 8.01. The summed E-state index contributed by atoms with van der Waals surface area (Å²) in [6, 6.07) is 12.3. The van der Waals surface area contributed by atoms with E-state index in [-0.39, 0.29) is 18.1 Å². The van der Waals surface area contributed by atoms with E-state index in [4.69, 9.17) is 0 Å². The van der Waals surface area contributed by atoms with Gasteiger partial charge in [-0.1, -0.05) is 30.3 Å². The number of carbonyl (C=O) groups excluding carboxylic acids is 1. The van der Waals surface area contributed by atoms with Crippen LogP contribution in [0, 0.1) is 24.0 Å². The third kappa shape index (κ3) is 5.27. The van der Waals surface area contributed by atoms with E-state index in [9.17, 15) is 14.9 Å². The van der Waals surface area contributed by atoms with Crippen molar-refractivity contribution in [3.05, 3.63) is 75.3 Å². The molecule has 134 valence electrons. The molecule has 0 spiro atoms. The Morgan fingerprint density at radius 2 is 1.85 bits per heavy atom. The molecule has 2 rings (SSSR count). The van der Waals surface area contributed by atoms with E-state index in [1.165, 1.54) is 18.4 Å². The fraction of sp³-hybridized carbons (Fsp3) is 0.158. The van der Waals surface area contributed by atoms with Crippen molar-refractivity contribution in [1.82, 2.24) is 5.43 Å². The highest BCUT2D eigenvalue weighted by molar-refractivity contribution is 5.84. The molecular weight excluding hydrogens is 332 g/mol. The van der Waals surface area contributed by atoms with Crippen molar-refractivity contribution in [1.29, 1.82) is 0 Å². The number of nitro groups is 1. The molecular formula is C19H20N4O3. The van der Waals surface area contributed by atoms with Crippen LogP contribution < -0.4 is 10.7 Å². The number of hydrazone groups is 1. The van der Waals surface area contributed by atoms with Crippen LogP contribution in [0.1, 0.15) is 16.7 Å². The summed E-state index contributed by atoms with van der Waals surface area (Å²) in [6.45, 7) is 4.04. The number of hydrogen-bond donors (Lipinski definition) is 2. The fourth-order valence-corrected chi connectivity index (χ4v) is 2.40. The van der Waals surface area contributed by atoms with Gasteiger partial charge in [-0.3, -0.25) is 14.9 Å². The third-order valence-corrected chi connectivity index (χ3v) is 3.67. The molecule has 0 aliphatic heterocycles. The van der Waals surface area contributed by atoms with E-state index < -0.39 is 4.92 Å². The molecule has 0 heterocycles. The van der Waals surface area contributed by atoms with Gasteiger partial charge in [-0.15, -0.1) is 0 Å². The van der Waals surface area contributed by atoms with Crippen LogP contribution in [0.25, 0.3) is 6.08 Å². The summed E-state index contributed by atoms with van der Waals surface area (Å²) in [4.78, 5) is 22.3. The monoisotopic (exact) mass is 352 g/mol. The van der Waals surface area contributed by atoms with Crippen LogP contribution in [0.4, 0.5) is 11.4 Å². The van der Waals surface area contributed by atoms with Gasteiger partial charge >= 0.3 is 0 Å². The van der Waals surface area contributed by atoms with Crippen molar-refractivity contribution in [2.75, 3.05) is 11.9 Å². The Balaban J connectivity index is 1.85. The molecule has 7 nitrogen and oxygen atoms in total. The molecule has 0 atom stereocenters. The zero-order valence-electron chi connectivity index (χ0n) is 14.6. The fourth-order valence-electron chi connectivity index (χ4n) is 2.40. The number of rotatable bonds is 7.